The summed E-state index contributed by atoms with van der Waals surface area (Å²) in [4.78, 5) is 0. The summed E-state index contributed by atoms with van der Waals surface area (Å²) in [6.45, 7) is 1.68. The summed E-state index contributed by atoms with van der Waals surface area (Å²) in [5.74, 6) is 1.65. The fourth-order valence-corrected chi connectivity index (χ4v) is 4.20. The average molecular weight is 404 g/mol. The molecule has 30 heavy (non-hydrogen) atoms. The third-order valence-corrected chi connectivity index (χ3v) is 5.84. The molecule has 4 rings (SSSR count). The molecule has 1 unspecified atom stereocenters. The van der Waals surface area contributed by atoms with Crippen LogP contribution in [0.15, 0.2) is 78.9 Å². The molecule has 0 bridgehead atoms. The van der Waals surface area contributed by atoms with E-state index in [0.717, 1.165) is 41.2 Å². The molecule has 0 aromatic heterocycles. The molecule has 156 valence electrons. The van der Waals surface area contributed by atoms with Crippen molar-refractivity contribution in [2.75, 3.05) is 27.4 Å². The summed E-state index contributed by atoms with van der Waals surface area (Å²) in [7, 11) is 3.37. The van der Waals surface area contributed by atoms with Gasteiger partial charge in [-0.05, 0) is 60.3 Å². The molecule has 4 nitrogen and oxygen atoms in total. The lowest BCUT2D eigenvalue weighted by molar-refractivity contribution is 0.00252. The zero-order chi connectivity index (χ0) is 20.8. The lowest BCUT2D eigenvalue weighted by Crippen LogP contribution is -2.38. The molecule has 1 fully saturated rings. The van der Waals surface area contributed by atoms with E-state index in [4.69, 9.17) is 14.2 Å². The number of benzene rings is 3. The molecule has 0 amide bonds. The molecule has 1 saturated heterocycles. The van der Waals surface area contributed by atoms with E-state index in [1.54, 1.807) is 14.2 Å². The van der Waals surface area contributed by atoms with Crippen molar-refractivity contribution in [3.8, 4) is 11.5 Å². The third kappa shape index (κ3) is 4.07. The monoisotopic (exact) mass is 403 g/mol. The molecular weight excluding hydrogens is 374 g/mol. The Balaban J connectivity index is 1.85. The van der Waals surface area contributed by atoms with Crippen molar-refractivity contribution >= 4 is 0 Å². The van der Waals surface area contributed by atoms with Crippen molar-refractivity contribution in [1.82, 2.24) is 5.32 Å². The van der Waals surface area contributed by atoms with Crippen LogP contribution in [0.5, 0.6) is 11.5 Å². The maximum atomic E-state index is 6.87. The van der Waals surface area contributed by atoms with Gasteiger partial charge in [-0.25, -0.2) is 0 Å². The molecule has 4 heteroatoms. The van der Waals surface area contributed by atoms with Gasteiger partial charge in [0.2, 0.25) is 0 Å². The molecule has 0 saturated carbocycles. The topological polar surface area (TPSA) is 39.7 Å². The zero-order valence-electron chi connectivity index (χ0n) is 17.6. The molecule has 0 spiro atoms. The van der Waals surface area contributed by atoms with E-state index in [1.807, 2.05) is 30.3 Å². The third-order valence-electron chi connectivity index (χ3n) is 5.84. The Labute approximate surface area is 178 Å². The van der Waals surface area contributed by atoms with Crippen molar-refractivity contribution in [1.29, 1.82) is 0 Å². The van der Waals surface area contributed by atoms with Crippen LogP contribution in [-0.2, 0) is 10.3 Å². The van der Waals surface area contributed by atoms with Gasteiger partial charge in [0, 0.05) is 6.04 Å². The van der Waals surface area contributed by atoms with Gasteiger partial charge in [-0.2, -0.15) is 0 Å². The van der Waals surface area contributed by atoms with Crippen LogP contribution in [0.2, 0.25) is 0 Å². The molecule has 1 aliphatic rings. The first-order valence-electron chi connectivity index (χ1n) is 10.5. The minimum atomic E-state index is -0.732. The van der Waals surface area contributed by atoms with Crippen molar-refractivity contribution in [3.63, 3.8) is 0 Å². The van der Waals surface area contributed by atoms with Crippen molar-refractivity contribution in [2.24, 2.45) is 0 Å². The van der Waals surface area contributed by atoms with Gasteiger partial charge in [-0.3, -0.25) is 0 Å². The average Bonchev–Trinajstić information content (AvgIpc) is 3.35. The van der Waals surface area contributed by atoms with Gasteiger partial charge >= 0.3 is 0 Å². The van der Waals surface area contributed by atoms with Crippen LogP contribution >= 0.6 is 0 Å². The summed E-state index contributed by atoms with van der Waals surface area (Å²) in [5.41, 5.74) is 2.50. The second kappa shape index (κ2) is 9.33. The predicted molar refractivity (Wildman–Crippen MR) is 119 cm³/mol. The zero-order valence-corrected chi connectivity index (χ0v) is 17.6. The first kappa shape index (κ1) is 20.5. The summed E-state index contributed by atoms with van der Waals surface area (Å²) in [5, 5.41) is 3.56. The molecule has 1 atom stereocenters. The highest BCUT2D eigenvalue weighted by Gasteiger charge is 2.38. The van der Waals surface area contributed by atoms with Crippen LogP contribution < -0.4 is 14.8 Å². The second-order valence-corrected chi connectivity index (χ2v) is 7.61. The van der Waals surface area contributed by atoms with Crippen molar-refractivity contribution in [3.05, 3.63) is 95.6 Å². The SMILES string of the molecule is COc1ccc(C(OCC2CCCN2)(c2ccccc2)c2ccc(OC)cc2)cc1. The predicted octanol–water partition coefficient (Wildman–Crippen LogP) is 4.76. The molecule has 3 aromatic rings. The molecule has 1 aliphatic heterocycles. The number of nitrogens with one attached hydrogen (secondary N) is 1. The minimum absolute atomic E-state index is 0.365. The Kier molecular flexibility index (Phi) is 6.36. The number of rotatable bonds is 8. The lowest BCUT2D eigenvalue weighted by Gasteiger charge is -2.37. The number of hydrogen-bond donors (Lipinski definition) is 1. The fraction of sp³-hybridized carbons (Fsp3) is 0.308. The normalized spacial score (nSPS) is 16.4. The first-order chi connectivity index (χ1) is 14.8. The molecule has 0 aliphatic carbocycles. The fourth-order valence-electron chi connectivity index (χ4n) is 4.20. The van der Waals surface area contributed by atoms with Crippen LogP contribution in [0.4, 0.5) is 0 Å². The molecule has 1 heterocycles. The minimum Gasteiger partial charge on any atom is -0.497 e. The van der Waals surface area contributed by atoms with Crippen LogP contribution in [-0.4, -0.2) is 33.4 Å². The van der Waals surface area contributed by atoms with Crippen LogP contribution in [0, 0.1) is 0 Å². The van der Waals surface area contributed by atoms with Crippen LogP contribution in [0.3, 0.4) is 0 Å². The maximum Gasteiger partial charge on any atom is 0.143 e. The van der Waals surface area contributed by atoms with E-state index in [1.165, 1.54) is 6.42 Å². The highest BCUT2D eigenvalue weighted by molar-refractivity contribution is 5.49. The number of hydrogen-bond acceptors (Lipinski definition) is 4. The van der Waals surface area contributed by atoms with Gasteiger partial charge in [0.1, 0.15) is 17.1 Å². The lowest BCUT2D eigenvalue weighted by atomic mass is 9.80. The van der Waals surface area contributed by atoms with E-state index in [9.17, 15) is 0 Å². The van der Waals surface area contributed by atoms with Gasteiger partial charge < -0.3 is 19.5 Å². The van der Waals surface area contributed by atoms with E-state index >= 15 is 0 Å². The Bertz CT molecular complexity index is 869. The molecule has 1 N–H and O–H groups in total. The molecule has 3 aromatic carbocycles. The van der Waals surface area contributed by atoms with Crippen molar-refractivity contribution < 1.29 is 14.2 Å². The van der Waals surface area contributed by atoms with Gasteiger partial charge in [0.15, 0.2) is 0 Å². The summed E-state index contributed by atoms with van der Waals surface area (Å²) in [6, 6.07) is 27.2. The Hall–Kier alpha value is -2.82. The largest absolute Gasteiger partial charge is 0.497 e. The second-order valence-electron chi connectivity index (χ2n) is 7.61. The van der Waals surface area contributed by atoms with E-state index in [-0.39, 0.29) is 0 Å². The molecular formula is C26H29NO3. The van der Waals surface area contributed by atoms with Gasteiger partial charge in [-0.15, -0.1) is 0 Å². The number of methoxy groups -OCH3 is 2. The maximum absolute atomic E-state index is 6.87. The summed E-state index contributed by atoms with van der Waals surface area (Å²) < 4.78 is 17.7. The quantitative estimate of drug-likeness (QED) is 0.550. The highest BCUT2D eigenvalue weighted by Crippen LogP contribution is 2.41. The van der Waals surface area contributed by atoms with Crippen LogP contribution in [0.1, 0.15) is 29.5 Å². The summed E-state index contributed by atoms with van der Waals surface area (Å²) in [6.07, 6.45) is 2.33. The van der Waals surface area contributed by atoms with Gasteiger partial charge in [0.05, 0.1) is 20.8 Å². The van der Waals surface area contributed by atoms with E-state index in [0.29, 0.717) is 12.6 Å². The highest BCUT2D eigenvalue weighted by atomic mass is 16.5. The van der Waals surface area contributed by atoms with Gasteiger partial charge in [-0.1, -0.05) is 54.6 Å². The van der Waals surface area contributed by atoms with Gasteiger partial charge in [0.25, 0.3) is 0 Å². The first-order valence-corrected chi connectivity index (χ1v) is 10.5. The Morgan fingerprint density at radius 1 is 0.767 bits per heavy atom. The Morgan fingerprint density at radius 3 is 1.77 bits per heavy atom. The van der Waals surface area contributed by atoms with Crippen molar-refractivity contribution in [2.45, 2.75) is 24.5 Å². The Morgan fingerprint density at radius 2 is 1.30 bits per heavy atom. The van der Waals surface area contributed by atoms with Crippen LogP contribution in [0.25, 0.3) is 0 Å². The summed E-state index contributed by atoms with van der Waals surface area (Å²) >= 11 is 0. The standard InChI is InChI=1S/C26H29NO3/c1-28-24-14-10-21(11-15-24)26(20-7-4-3-5-8-20,30-19-23-9-6-18-27-23)22-12-16-25(29-2)17-13-22/h3-5,7-8,10-17,23,27H,6,9,18-19H2,1-2H3. The smallest absolute Gasteiger partial charge is 0.143 e. The van der Waals surface area contributed by atoms with E-state index < -0.39 is 5.60 Å². The molecule has 0 radical (unpaired) electrons. The number of ether oxygens (including phenoxy) is 3. The van der Waals surface area contributed by atoms with E-state index in [2.05, 4.69) is 53.8 Å².